The molecule has 0 saturated heterocycles. The van der Waals surface area contributed by atoms with Gasteiger partial charge in [-0.25, -0.2) is 9.97 Å². The Morgan fingerprint density at radius 1 is 0.648 bits per heavy atom. The number of methoxy groups -OCH3 is 2. The number of primary amides is 2. The van der Waals surface area contributed by atoms with Crippen molar-refractivity contribution in [3.8, 4) is 56.8 Å². The Labute approximate surface area is 315 Å². The molecule has 0 saturated carbocycles. The van der Waals surface area contributed by atoms with Crippen molar-refractivity contribution in [1.82, 2.24) is 49.9 Å². The molecule has 270 valence electrons. The first kappa shape index (κ1) is 34.3. The second kappa shape index (κ2) is 13.6. The molecule has 0 aliphatic heterocycles. The van der Waals surface area contributed by atoms with Crippen molar-refractivity contribution in [2.45, 2.75) is 13.1 Å². The third-order valence-corrected chi connectivity index (χ3v) is 9.53. The van der Waals surface area contributed by atoms with E-state index in [1.165, 1.54) is 14.2 Å². The number of amides is 2. The molecular weight excluding hydrogens is 735 g/mol. The Hall–Kier alpha value is -6.78. The molecule has 4 aromatic carbocycles. The third-order valence-electron chi connectivity index (χ3n) is 9.06. The molecule has 0 aliphatic rings. The van der Waals surface area contributed by atoms with Crippen LogP contribution < -0.4 is 20.9 Å². The van der Waals surface area contributed by atoms with Crippen molar-refractivity contribution in [3.63, 3.8) is 0 Å². The number of carbonyl (C=O) groups excluding carboxylic acids is 2. The van der Waals surface area contributed by atoms with Crippen molar-refractivity contribution < 1.29 is 19.1 Å². The molecule has 2 amide bonds. The number of rotatable bonds is 11. The zero-order chi connectivity index (χ0) is 37.7. The summed E-state index contributed by atoms with van der Waals surface area (Å²) in [5.41, 5.74) is 17.8. The van der Waals surface area contributed by atoms with Gasteiger partial charge in [-0.1, -0.05) is 23.2 Å². The topological polar surface area (TPSA) is 223 Å². The number of aryl methyl sites for hydroxylation is 2. The summed E-state index contributed by atoms with van der Waals surface area (Å²) in [5.74, 6) is 0.178. The van der Waals surface area contributed by atoms with Crippen LogP contribution in [0.3, 0.4) is 0 Å². The molecule has 0 atom stereocenters. The monoisotopic (exact) mass is 762 g/mol. The quantitative estimate of drug-likeness (QED) is 0.129. The van der Waals surface area contributed by atoms with E-state index < -0.39 is 11.8 Å². The summed E-state index contributed by atoms with van der Waals surface area (Å²) in [6, 6.07) is 17.5. The van der Waals surface area contributed by atoms with E-state index in [2.05, 4.69) is 30.8 Å². The molecule has 8 rings (SSSR count). The van der Waals surface area contributed by atoms with E-state index >= 15 is 0 Å². The van der Waals surface area contributed by atoms with Crippen molar-refractivity contribution in [1.29, 1.82) is 0 Å². The van der Waals surface area contributed by atoms with E-state index in [9.17, 15) is 9.59 Å². The van der Waals surface area contributed by atoms with E-state index in [1.54, 1.807) is 60.9 Å². The molecule has 0 aliphatic carbocycles. The number of halogens is 2. The van der Waals surface area contributed by atoms with Crippen LogP contribution in [-0.2, 0) is 13.1 Å². The Kier molecular flexibility index (Phi) is 8.67. The lowest BCUT2D eigenvalue weighted by Gasteiger charge is -2.16. The number of fused-ring (bicyclic) bond motifs is 2. The average Bonchev–Trinajstić information content (AvgIpc) is 4.00. The number of nitrogens with two attached hydrogens (primary N) is 2. The van der Waals surface area contributed by atoms with Gasteiger partial charge in [0.05, 0.1) is 48.8 Å². The number of hydrogen-bond acceptors (Lipinski definition) is 10. The number of aromatic amines is 2. The summed E-state index contributed by atoms with van der Waals surface area (Å²) in [6.45, 7) is 0.605. The fraction of sp³-hybridized carbons (Fsp3) is 0.111. The number of nitrogens with one attached hydrogen (secondary N) is 2. The van der Waals surface area contributed by atoms with E-state index in [1.807, 2.05) is 21.3 Å². The summed E-state index contributed by atoms with van der Waals surface area (Å²) in [5, 5.41) is 22.9. The van der Waals surface area contributed by atoms with Crippen molar-refractivity contribution in [2.24, 2.45) is 11.5 Å². The fourth-order valence-corrected chi connectivity index (χ4v) is 7.05. The van der Waals surface area contributed by atoms with Gasteiger partial charge in [0, 0.05) is 45.4 Å². The van der Waals surface area contributed by atoms with E-state index in [4.69, 9.17) is 54.1 Å². The highest BCUT2D eigenvalue weighted by molar-refractivity contribution is 6.31. The van der Waals surface area contributed by atoms with Crippen LogP contribution in [0.1, 0.15) is 20.7 Å². The summed E-state index contributed by atoms with van der Waals surface area (Å²) >= 11 is 13.0. The minimum atomic E-state index is -0.663. The molecule has 0 unspecified atom stereocenters. The van der Waals surface area contributed by atoms with Crippen molar-refractivity contribution in [2.75, 3.05) is 14.2 Å². The van der Waals surface area contributed by atoms with Crippen LogP contribution in [0, 0.1) is 0 Å². The number of benzene rings is 4. The van der Waals surface area contributed by atoms with Crippen molar-refractivity contribution in [3.05, 3.63) is 94.2 Å². The van der Waals surface area contributed by atoms with Crippen LogP contribution in [0.2, 0.25) is 10.0 Å². The standard InChI is InChI=1S/C36H28Cl2N12O4/c1-53-31-21(33(39)51)7-9-27-29(31)43-35(19-5-3-17(37)13-23(19)25-15-41-47-45-25)49(27)11-12-50-28-10-8-22(34(40)52)32(54-2)30(28)44-36(50)20-6-4-18(38)14-24(20)26-16-42-48-46-26/h3-10,13-16H,11-12H2,1-2H3,(H2,39,51)(H2,40,52)(H,41,45,47)(H,42,46,48). The third kappa shape index (κ3) is 5.73. The van der Waals surface area contributed by atoms with Crippen LogP contribution in [0.4, 0.5) is 0 Å². The maximum Gasteiger partial charge on any atom is 0.252 e. The molecule has 4 heterocycles. The lowest BCUT2D eigenvalue weighted by Crippen LogP contribution is -2.13. The van der Waals surface area contributed by atoms with E-state index in [0.29, 0.717) is 90.5 Å². The van der Waals surface area contributed by atoms with Gasteiger partial charge in [0.1, 0.15) is 34.1 Å². The summed E-state index contributed by atoms with van der Waals surface area (Å²) in [4.78, 5) is 35.0. The number of carbonyl (C=O) groups is 2. The molecule has 0 spiro atoms. The SMILES string of the molecule is COc1c(C(N)=O)ccc2c1nc(-c1ccc(Cl)cc1-c1cn[nH]n1)n2CCn1c(-c2ccc(Cl)cc2-c2cn[nH]n2)nc2c(OC)c(C(N)=O)ccc21. The lowest BCUT2D eigenvalue weighted by atomic mass is 10.0. The first-order valence-corrected chi connectivity index (χ1v) is 17.0. The largest absolute Gasteiger partial charge is 0.494 e. The number of nitrogens with zero attached hydrogens (tertiary/aromatic N) is 8. The van der Waals surface area contributed by atoms with Crippen molar-refractivity contribution >= 4 is 57.1 Å². The fourth-order valence-electron chi connectivity index (χ4n) is 6.71. The molecular formula is C36H28Cl2N12O4. The van der Waals surface area contributed by atoms with Crippen LogP contribution in [0.5, 0.6) is 11.5 Å². The normalized spacial score (nSPS) is 11.4. The highest BCUT2D eigenvalue weighted by Crippen LogP contribution is 2.40. The van der Waals surface area contributed by atoms with Crippen LogP contribution in [-0.4, -0.2) is 76.0 Å². The molecule has 6 N–H and O–H groups in total. The van der Waals surface area contributed by atoms with Gasteiger partial charge in [0.2, 0.25) is 0 Å². The van der Waals surface area contributed by atoms with E-state index in [0.717, 1.165) is 0 Å². The molecule has 0 bridgehead atoms. The first-order valence-electron chi connectivity index (χ1n) is 16.2. The number of ether oxygens (including phenoxy) is 2. The maximum atomic E-state index is 12.5. The minimum absolute atomic E-state index is 0.178. The molecule has 0 fully saturated rings. The molecule has 18 heteroatoms. The Morgan fingerprint density at radius 3 is 1.43 bits per heavy atom. The predicted molar refractivity (Wildman–Crippen MR) is 201 cm³/mol. The second-order valence-electron chi connectivity index (χ2n) is 12.0. The van der Waals surface area contributed by atoms with Crippen LogP contribution in [0.25, 0.3) is 67.4 Å². The zero-order valence-corrected chi connectivity index (χ0v) is 30.0. The summed E-state index contributed by atoms with van der Waals surface area (Å²) in [7, 11) is 2.92. The average molecular weight is 764 g/mol. The van der Waals surface area contributed by atoms with Gasteiger partial charge < -0.3 is 30.1 Å². The highest BCUT2D eigenvalue weighted by atomic mass is 35.5. The summed E-state index contributed by atoms with van der Waals surface area (Å²) < 4.78 is 15.5. The van der Waals surface area contributed by atoms with Gasteiger partial charge >= 0.3 is 0 Å². The number of aromatic nitrogens is 10. The van der Waals surface area contributed by atoms with Gasteiger partial charge in [-0.3, -0.25) is 9.59 Å². The lowest BCUT2D eigenvalue weighted by molar-refractivity contribution is 0.0989. The van der Waals surface area contributed by atoms with Gasteiger partial charge in [-0.15, -0.1) is 0 Å². The molecule has 54 heavy (non-hydrogen) atoms. The van der Waals surface area contributed by atoms with Gasteiger partial charge in [0.15, 0.2) is 11.5 Å². The molecule has 4 aromatic heterocycles. The van der Waals surface area contributed by atoms with Gasteiger partial charge in [-0.2, -0.15) is 30.8 Å². The highest BCUT2D eigenvalue weighted by Gasteiger charge is 2.26. The predicted octanol–water partition coefficient (Wildman–Crippen LogP) is 5.51. The maximum absolute atomic E-state index is 12.5. The Balaban J connectivity index is 1.37. The molecule has 8 aromatic rings. The molecule has 0 radical (unpaired) electrons. The number of H-pyrrole nitrogens is 2. The van der Waals surface area contributed by atoms with E-state index in [-0.39, 0.29) is 22.6 Å². The molecule has 16 nitrogen and oxygen atoms in total. The van der Waals surface area contributed by atoms with Gasteiger partial charge in [-0.05, 0) is 60.7 Å². The number of hydrogen-bond donors (Lipinski definition) is 4. The Bertz CT molecular complexity index is 2550. The van der Waals surface area contributed by atoms with Gasteiger partial charge in [0.25, 0.3) is 11.8 Å². The van der Waals surface area contributed by atoms with Crippen LogP contribution >= 0.6 is 23.2 Å². The minimum Gasteiger partial charge on any atom is -0.494 e. The summed E-state index contributed by atoms with van der Waals surface area (Å²) in [6.07, 6.45) is 3.17. The first-order chi connectivity index (χ1) is 26.2. The smallest absolute Gasteiger partial charge is 0.252 e. The Morgan fingerprint density at radius 2 is 1.07 bits per heavy atom. The number of imidazole rings is 2. The zero-order valence-electron chi connectivity index (χ0n) is 28.5. The second-order valence-corrected chi connectivity index (χ2v) is 12.9. The van der Waals surface area contributed by atoms with Crippen LogP contribution in [0.15, 0.2) is 73.1 Å².